The van der Waals surface area contributed by atoms with Gasteiger partial charge in [-0.05, 0) is 31.4 Å². The highest BCUT2D eigenvalue weighted by Gasteiger charge is 2.39. The Kier molecular flexibility index (Phi) is 5.76. The van der Waals surface area contributed by atoms with E-state index < -0.39 is 15.3 Å². The summed E-state index contributed by atoms with van der Waals surface area (Å²) in [6.07, 6.45) is 2.38. The molecule has 1 amide bonds. The Morgan fingerprint density at radius 2 is 1.96 bits per heavy atom. The summed E-state index contributed by atoms with van der Waals surface area (Å²) in [6, 6.07) is 10.0. The third-order valence-electron chi connectivity index (χ3n) is 5.12. The Morgan fingerprint density at radius 1 is 1.20 bits per heavy atom. The van der Waals surface area contributed by atoms with Crippen molar-refractivity contribution in [1.29, 1.82) is 0 Å². The van der Waals surface area contributed by atoms with Gasteiger partial charge in [-0.2, -0.15) is 0 Å². The zero-order valence-corrected chi connectivity index (χ0v) is 15.5. The monoisotopic (exact) mass is 365 g/mol. The second-order valence-electron chi connectivity index (χ2n) is 6.85. The minimum atomic E-state index is -3.32. The van der Waals surface area contributed by atoms with Crippen molar-refractivity contribution in [2.24, 2.45) is 0 Å². The fourth-order valence-corrected chi connectivity index (χ4v) is 5.25. The molecular formula is C18H27N3O3S. The maximum Gasteiger partial charge on any atom is 0.239 e. The normalized spacial score (nSPS) is 24.8. The zero-order valence-electron chi connectivity index (χ0n) is 14.7. The molecule has 2 aliphatic heterocycles. The van der Waals surface area contributed by atoms with Gasteiger partial charge in [0.2, 0.25) is 15.9 Å². The Morgan fingerprint density at radius 3 is 2.68 bits per heavy atom. The predicted molar refractivity (Wildman–Crippen MR) is 97.5 cm³/mol. The van der Waals surface area contributed by atoms with E-state index in [1.165, 1.54) is 5.56 Å². The third kappa shape index (κ3) is 4.22. The van der Waals surface area contributed by atoms with Crippen LogP contribution in [0.5, 0.6) is 0 Å². The number of hydrogen-bond acceptors (Lipinski definition) is 4. The van der Waals surface area contributed by atoms with Gasteiger partial charge in [0.15, 0.2) is 0 Å². The number of nitrogens with zero attached hydrogens (tertiary/aromatic N) is 2. The van der Waals surface area contributed by atoms with Crippen molar-refractivity contribution in [3.63, 3.8) is 0 Å². The standard InChI is InChI=1S/C18H27N3O3S/c1-2-19-25(23,24)16-10-12-21(14-16)18(22)17-9-6-11-20(17)13-15-7-4-3-5-8-15/h3-5,7-8,16-17,19H,2,6,9-14H2,1H3. The molecule has 0 saturated carbocycles. The average Bonchev–Trinajstić information content (AvgIpc) is 3.25. The van der Waals surface area contributed by atoms with Crippen LogP contribution in [0.4, 0.5) is 0 Å². The first-order chi connectivity index (χ1) is 12.0. The number of benzene rings is 1. The number of rotatable bonds is 6. The van der Waals surface area contributed by atoms with Gasteiger partial charge in [0, 0.05) is 26.2 Å². The van der Waals surface area contributed by atoms with Gasteiger partial charge in [0.25, 0.3) is 0 Å². The Hall–Kier alpha value is -1.44. The van der Waals surface area contributed by atoms with Crippen molar-refractivity contribution in [3.05, 3.63) is 35.9 Å². The molecule has 0 aliphatic carbocycles. The van der Waals surface area contributed by atoms with Crippen LogP contribution in [0.15, 0.2) is 30.3 Å². The second kappa shape index (κ2) is 7.85. The summed E-state index contributed by atoms with van der Waals surface area (Å²) in [5.41, 5.74) is 1.20. The summed E-state index contributed by atoms with van der Waals surface area (Å²) in [4.78, 5) is 16.9. The largest absolute Gasteiger partial charge is 0.340 e. The lowest BCUT2D eigenvalue weighted by Crippen LogP contribution is -2.45. The van der Waals surface area contributed by atoms with E-state index in [9.17, 15) is 13.2 Å². The minimum absolute atomic E-state index is 0.0858. The molecule has 25 heavy (non-hydrogen) atoms. The molecule has 2 saturated heterocycles. The first-order valence-electron chi connectivity index (χ1n) is 9.06. The molecule has 0 spiro atoms. The van der Waals surface area contributed by atoms with Crippen LogP contribution in [0.25, 0.3) is 0 Å². The van der Waals surface area contributed by atoms with Crippen molar-refractivity contribution in [3.8, 4) is 0 Å². The van der Waals surface area contributed by atoms with Gasteiger partial charge in [-0.15, -0.1) is 0 Å². The lowest BCUT2D eigenvalue weighted by molar-refractivity contribution is -0.135. The van der Waals surface area contributed by atoms with Gasteiger partial charge in [-0.3, -0.25) is 9.69 Å². The van der Waals surface area contributed by atoms with E-state index in [2.05, 4.69) is 21.8 Å². The zero-order chi connectivity index (χ0) is 17.9. The summed E-state index contributed by atoms with van der Waals surface area (Å²) in [5.74, 6) is 0.0858. The molecule has 2 atom stereocenters. The van der Waals surface area contributed by atoms with Gasteiger partial charge in [0.1, 0.15) is 0 Å². The Balaban J connectivity index is 1.62. The third-order valence-corrected chi connectivity index (χ3v) is 7.07. The van der Waals surface area contributed by atoms with Crippen LogP contribution in [-0.4, -0.2) is 61.6 Å². The number of hydrogen-bond donors (Lipinski definition) is 1. The second-order valence-corrected chi connectivity index (χ2v) is 8.90. The van der Waals surface area contributed by atoms with E-state index >= 15 is 0 Å². The predicted octanol–water partition coefficient (Wildman–Crippen LogP) is 1.19. The summed E-state index contributed by atoms with van der Waals surface area (Å²) in [6.45, 7) is 4.69. The minimum Gasteiger partial charge on any atom is -0.340 e. The number of carbonyl (C=O) groups is 1. The van der Waals surface area contributed by atoms with Crippen molar-refractivity contribution in [2.75, 3.05) is 26.2 Å². The molecule has 7 heteroatoms. The molecule has 2 unspecified atom stereocenters. The molecule has 6 nitrogen and oxygen atoms in total. The number of nitrogens with one attached hydrogen (secondary N) is 1. The molecule has 138 valence electrons. The molecule has 2 heterocycles. The Bertz CT molecular complexity index is 693. The van der Waals surface area contributed by atoms with Crippen molar-refractivity contribution >= 4 is 15.9 Å². The number of carbonyl (C=O) groups excluding carboxylic acids is 1. The number of sulfonamides is 1. The van der Waals surface area contributed by atoms with Crippen LogP contribution in [0.3, 0.4) is 0 Å². The van der Waals surface area contributed by atoms with Gasteiger partial charge in [-0.1, -0.05) is 37.3 Å². The fraction of sp³-hybridized carbons (Fsp3) is 0.611. The van der Waals surface area contributed by atoms with Gasteiger partial charge >= 0.3 is 0 Å². The van der Waals surface area contributed by atoms with Crippen LogP contribution in [-0.2, 0) is 21.4 Å². The topological polar surface area (TPSA) is 69.7 Å². The van der Waals surface area contributed by atoms with Gasteiger partial charge in [-0.25, -0.2) is 13.1 Å². The van der Waals surface area contributed by atoms with Crippen LogP contribution < -0.4 is 4.72 Å². The molecule has 3 rings (SSSR count). The van der Waals surface area contributed by atoms with E-state index in [0.29, 0.717) is 26.1 Å². The number of amides is 1. The highest BCUT2D eigenvalue weighted by Crippen LogP contribution is 2.25. The van der Waals surface area contributed by atoms with E-state index in [1.807, 2.05) is 18.2 Å². The van der Waals surface area contributed by atoms with Crippen LogP contribution >= 0.6 is 0 Å². The lowest BCUT2D eigenvalue weighted by atomic mass is 10.1. The summed E-state index contributed by atoms with van der Waals surface area (Å²) < 4.78 is 26.9. The molecule has 2 fully saturated rings. The molecule has 1 aromatic rings. The summed E-state index contributed by atoms with van der Waals surface area (Å²) in [5, 5.41) is -0.486. The van der Waals surface area contributed by atoms with E-state index in [0.717, 1.165) is 25.9 Å². The molecule has 1 N–H and O–H groups in total. The lowest BCUT2D eigenvalue weighted by Gasteiger charge is -2.28. The van der Waals surface area contributed by atoms with Gasteiger partial charge in [0.05, 0.1) is 11.3 Å². The average molecular weight is 365 g/mol. The number of likely N-dealkylation sites (tertiary alicyclic amines) is 2. The van der Waals surface area contributed by atoms with Crippen molar-refractivity contribution in [2.45, 2.75) is 44.0 Å². The molecule has 0 bridgehead atoms. The van der Waals surface area contributed by atoms with Crippen LogP contribution in [0, 0.1) is 0 Å². The van der Waals surface area contributed by atoms with E-state index in [4.69, 9.17) is 0 Å². The summed E-state index contributed by atoms with van der Waals surface area (Å²) in [7, 11) is -3.32. The maximum absolute atomic E-state index is 12.9. The first-order valence-corrected chi connectivity index (χ1v) is 10.6. The Labute approximate surface area is 150 Å². The van der Waals surface area contributed by atoms with Crippen LogP contribution in [0.1, 0.15) is 31.7 Å². The van der Waals surface area contributed by atoms with E-state index in [1.54, 1.807) is 11.8 Å². The maximum atomic E-state index is 12.9. The molecular weight excluding hydrogens is 338 g/mol. The fourth-order valence-electron chi connectivity index (χ4n) is 3.82. The van der Waals surface area contributed by atoms with Crippen molar-refractivity contribution < 1.29 is 13.2 Å². The molecule has 0 aromatic heterocycles. The molecule has 0 radical (unpaired) electrons. The van der Waals surface area contributed by atoms with Gasteiger partial charge < -0.3 is 4.90 Å². The summed E-state index contributed by atoms with van der Waals surface area (Å²) >= 11 is 0. The van der Waals surface area contributed by atoms with E-state index in [-0.39, 0.29) is 11.9 Å². The van der Waals surface area contributed by atoms with Crippen LogP contribution in [0.2, 0.25) is 0 Å². The molecule has 2 aliphatic rings. The smallest absolute Gasteiger partial charge is 0.239 e. The first kappa shape index (κ1) is 18.4. The molecule has 1 aromatic carbocycles. The quantitative estimate of drug-likeness (QED) is 0.822. The highest BCUT2D eigenvalue weighted by atomic mass is 32.2. The highest BCUT2D eigenvalue weighted by molar-refractivity contribution is 7.90. The SMILES string of the molecule is CCNS(=O)(=O)C1CCN(C(=O)C2CCCN2Cc2ccccc2)C1. The van der Waals surface area contributed by atoms with Crippen molar-refractivity contribution in [1.82, 2.24) is 14.5 Å².